The van der Waals surface area contributed by atoms with E-state index in [9.17, 15) is 9.59 Å². The van der Waals surface area contributed by atoms with Crippen LogP contribution in [0.15, 0.2) is 36.4 Å². The number of ether oxygens (including phenoxy) is 3. The first-order chi connectivity index (χ1) is 12.0. The normalized spacial score (nSPS) is 15.8. The third-order valence-corrected chi connectivity index (χ3v) is 4.17. The maximum atomic E-state index is 12.6. The fourth-order valence-corrected chi connectivity index (χ4v) is 2.81. The molecule has 0 spiro atoms. The van der Waals surface area contributed by atoms with Gasteiger partial charge in [-0.25, -0.2) is 4.79 Å². The highest BCUT2D eigenvalue weighted by Gasteiger charge is 2.31. The van der Waals surface area contributed by atoms with Gasteiger partial charge >= 0.3 is 5.97 Å². The summed E-state index contributed by atoms with van der Waals surface area (Å²) in [6.45, 7) is 1.85. The summed E-state index contributed by atoms with van der Waals surface area (Å²) >= 11 is 0. The lowest BCUT2D eigenvalue weighted by Gasteiger charge is -2.24. The van der Waals surface area contributed by atoms with Crippen molar-refractivity contribution in [3.05, 3.63) is 53.1 Å². The van der Waals surface area contributed by atoms with Crippen molar-refractivity contribution in [3.63, 3.8) is 0 Å². The molecule has 1 N–H and O–H groups in total. The summed E-state index contributed by atoms with van der Waals surface area (Å²) in [5, 5.41) is 2.81. The lowest BCUT2D eigenvalue weighted by Crippen LogP contribution is -2.38. The highest BCUT2D eigenvalue weighted by Crippen LogP contribution is 2.33. The second kappa shape index (κ2) is 6.84. The fourth-order valence-electron chi connectivity index (χ4n) is 2.81. The van der Waals surface area contributed by atoms with Crippen LogP contribution in [0, 0.1) is 6.92 Å². The first kappa shape index (κ1) is 16.8. The molecule has 0 saturated heterocycles. The number of nitrogens with one attached hydrogen (secondary N) is 1. The number of anilines is 1. The van der Waals surface area contributed by atoms with Crippen LogP contribution >= 0.6 is 0 Å². The van der Waals surface area contributed by atoms with Gasteiger partial charge in [0, 0.05) is 18.2 Å². The van der Waals surface area contributed by atoms with Gasteiger partial charge in [-0.05, 0) is 30.2 Å². The Balaban J connectivity index is 1.81. The van der Waals surface area contributed by atoms with E-state index in [4.69, 9.17) is 14.2 Å². The molecule has 1 amide bonds. The number of amides is 1. The van der Waals surface area contributed by atoms with Crippen LogP contribution < -0.4 is 14.8 Å². The number of fused-ring (bicyclic) bond motifs is 1. The van der Waals surface area contributed by atoms with Crippen LogP contribution in [0.4, 0.5) is 5.69 Å². The summed E-state index contributed by atoms with van der Waals surface area (Å²) in [5.41, 5.74) is 2.71. The number of esters is 1. The Labute approximate surface area is 145 Å². The van der Waals surface area contributed by atoms with Gasteiger partial charge in [0.25, 0.3) is 5.91 Å². The van der Waals surface area contributed by atoms with Gasteiger partial charge in [-0.15, -0.1) is 0 Å². The Hall–Kier alpha value is -3.02. The number of aryl methyl sites for hydroxylation is 1. The van der Waals surface area contributed by atoms with Crippen molar-refractivity contribution in [2.45, 2.75) is 19.4 Å². The van der Waals surface area contributed by atoms with Crippen LogP contribution in [0.1, 0.15) is 21.5 Å². The van der Waals surface area contributed by atoms with Gasteiger partial charge in [0.2, 0.25) is 0 Å². The quantitative estimate of drug-likeness (QED) is 0.866. The Morgan fingerprint density at radius 2 is 1.84 bits per heavy atom. The van der Waals surface area contributed by atoms with Gasteiger partial charge in [-0.1, -0.05) is 18.2 Å². The van der Waals surface area contributed by atoms with Crippen molar-refractivity contribution >= 4 is 17.6 Å². The molecule has 0 aliphatic carbocycles. The van der Waals surface area contributed by atoms with Crippen LogP contribution in [0.25, 0.3) is 0 Å². The van der Waals surface area contributed by atoms with Gasteiger partial charge < -0.3 is 19.5 Å². The third-order valence-electron chi connectivity index (χ3n) is 4.17. The van der Waals surface area contributed by atoms with Crippen LogP contribution in [-0.2, 0) is 16.0 Å². The molecule has 1 atom stereocenters. The first-order valence-corrected chi connectivity index (χ1v) is 7.86. The van der Waals surface area contributed by atoms with Crippen molar-refractivity contribution in [1.82, 2.24) is 0 Å². The molecule has 0 saturated carbocycles. The van der Waals surface area contributed by atoms with E-state index in [1.54, 1.807) is 31.4 Å². The highest BCUT2D eigenvalue weighted by atomic mass is 16.5. The van der Waals surface area contributed by atoms with Crippen LogP contribution in [-0.4, -0.2) is 32.2 Å². The summed E-state index contributed by atoms with van der Waals surface area (Å²) in [5.74, 6) is 0.231. The molecule has 1 aliphatic heterocycles. The van der Waals surface area contributed by atoms with Gasteiger partial charge in [0.1, 0.15) is 0 Å². The van der Waals surface area contributed by atoms with E-state index >= 15 is 0 Å². The molecule has 0 aromatic heterocycles. The Morgan fingerprint density at radius 1 is 1.16 bits per heavy atom. The number of carbonyl (C=O) groups excluding carboxylic acids is 2. The number of benzene rings is 2. The molecule has 0 radical (unpaired) electrons. The van der Waals surface area contributed by atoms with E-state index < -0.39 is 12.1 Å². The highest BCUT2D eigenvalue weighted by molar-refractivity contribution is 6.00. The fraction of sp³-hybridized carbons (Fsp3) is 0.263. The largest absolute Gasteiger partial charge is 0.493 e. The molecule has 3 rings (SSSR count). The summed E-state index contributed by atoms with van der Waals surface area (Å²) < 4.78 is 15.8. The second-order valence-electron chi connectivity index (χ2n) is 5.77. The molecule has 25 heavy (non-hydrogen) atoms. The van der Waals surface area contributed by atoms with E-state index in [2.05, 4.69) is 5.32 Å². The number of hydrogen-bond donors (Lipinski definition) is 1. The second-order valence-corrected chi connectivity index (χ2v) is 5.77. The topological polar surface area (TPSA) is 73.9 Å². The molecule has 1 heterocycles. The third kappa shape index (κ3) is 3.28. The molecule has 130 valence electrons. The minimum atomic E-state index is -0.866. The molecular weight excluding hydrogens is 322 g/mol. The number of rotatable bonds is 4. The van der Waals surface area contributed by atoms with Crippen LogP contribution in [0.3, 0.4) is 0 Å². The van der Waals surface area contributed by atoms with Gasteiger partial charge in [0.05, 0.1) is 19.8 Å². The standard InChI is InChI=1S/C19H19NO5/c1-11-8-15(23-2)16(24-3)10-14(11)20-18(21)17-9-12-6-4-5-7-13(12)19(22)25-17/h4-8,10,17H,9H2,1-3H3,(H,20,21)/t17-/m0/s1. The van der Waals surface area contributed by atoms with Crippen molar-refractivity contribution in [1.29, 1.82) is 0 Å². The van der Waals surface area contributed by atoms with E-state index in [-0.39, 0.29) is 5.91 Å². The Morgan fingerprint density at radius 3 is 2.56 bits per heavy atom. The smallest absolute Gasteiger partial charge is 0.339 e. The van der Waals surface area contributed by atoms with Gasteiger partial charge in [0.15, 0.2) is 17.6 Å². The zero-order valence-electron chi connectivity index (χ0n) is 14.3. The zero-order chi connectivity index (χ0) is 18.0. The minimum Gasteiger partial charge on any atom is -0.493 e. The molecule has 1 aliphatic rings. The molecular formula is C19H19NO5. The van der Waals surface area contributed by atoms with E-state index in [0.717, 1.165) is 11.1 Å². The Bertz CT molecular complexity index is 831. The van der Waals surface area contributed by atoms with Crippen LogP contribution in [0.2, 0.25) is 0 Å². The molecule has 0 fully saturated rings. The predicted molar refractivity (Wildman–Crippen MR) is 92.3 cm³/mol. The summed E-state index contributed by atoms with van der Waals surface area (Å²) in [4.78, 5) is 24.6. The molecule has 6 heteroatoms. The molecule has 2 aromatic carbocycles. The predicted octanol–water partition coefficient (Wildman–Crippen LogP) is 2.73. The molecule has 0 unspecified atom stereocenters. The molecule has 0 bridgehead atoms. The average molecular weight is 341 g/mol. The number of methoxy groups -OCH3 is 2. The summed E-state index contributed by atoms with van der Waals surface area (Å²) in [6, 6.07) is 10.6. The van der Waals surface area contributed by atoms with E-state index in [0.29, 0.717) is 29.2 Å². The number of cyclic esters (lactones) is 1. The zero-order valence-corrected chi connectivity index (χ0v) is 14.3. The monoisotopic (exact) mass is 341 g/mol. The van der Waals surface area contributed by atoms with E-state index in [1.165, 1.54) is 7.11 Å². The maximum absolute atomic E-state index is 12.6. The van der Waals surface area contributed by atoms with Gasteiger partial charge in [-0.3, -0.25) is 4.79 Å². The minimum absolute atomic E-state index is 0.347. The Kier molecular flexibility index (Phi) is 4.61. The summed E-state index contributed by atoms with van der Waals surface area (Å²) in [6.07, 6.45) is -0.519. The van der Waals surface area contributed by atoms with Crippen molar-refractivity contribution < 1.29 is 23.8 Å². The molecule has 6 nitrogen and oxygen atoms in total. The SMILES string of the molecule is COc1cc(C)c(NC(=O)[C@@H]2Cc3ccccc3C(=O)O2)cc1OC. The van der Waals surface area contributed by atoms with Crippen molar-refractivity contribution in [2.24, 2.45) is 0 Å². The van der Waals surface area contributed by atoms with Crippen molar-refractivity contribution in [2.75, 3.05) is 19.5 Å². The number of carbonyl (C=O) groups is 2. The molecule has 2 aromatic rings. The number of hydrogen-bond acceptors (Lipinski definition) is 5. The van der Waals surface area contributed by atoms with E-state index in [1.807, 2.05) is 19.1 Å². The average Bonchev–Trinajstić information content (AvgIpc) is 2.62. The first-order valence-electron chi connectivity index (χ1n) is 7.86. The lowest BCUT2D eigenvalue weighted by atomic mass is 9.98. The summed E-state index contributed by atoms with van der Waals surface area (Å²) in [7, 11) is 3.08. The maximum Gasteiger partial charge on any atom is 0.339 e. The lowest BCUT2D eigenvalue weighted by molar-refractivity contribution is -0.125. The van der Waals surface area contributed by atoms with Crippen molar-refractivity contribution in [3.8, 4) is 11.5 Å². The van der Waals surface area contributed by atoms with Crippen LogP contribution in [0.5, 0.6) is 11.5 Å². The van der Waals surface area contributed by atoms with Gasteiger partial charge in [-0.2, -0.15) is 0 Å².